The summed E-state index contributed by atoms with van der Waals surface area (Å²) in [7, 11) is 0. The third kappa shape index (κ3) is 8.21. The summed E-state index contributed by atoms with van der Waals surface area (Å²) >= 11 is 0. The summed E-state index contributed by atoms with van der Waals surface area (Å²) in [5, 5.41) is 26.0. The number of halogens is 4. The third-order valence-electron chi connectivity index (χ3n) is 5.47. The summed E-state index contributed by atoms with van der Waals surface area (Å²) in [6.07, 6.45) is 7.30. The highest BCUT2D eigenvalue weighted by Gasteiger charge is 2.41. The lowest BCUT2D eigenvalue weighted by Crippen LogP contribution is -2.39. The number of aliphatic imine (C=N–C) groups is 1. The lowest BCUT2D eigenvalue weighted by atomic mass is 9.94. The highest BCUT2D eigenvalue weighted by atomic mass is 19.4. The maximum absolute atomic E-state index is 13.8. The van der Waals surface area contributed by atoms with Crippen LogP contribution in [0.5, 0.6) is 0 Å². The summed E-state index contributed by atoms with van der Waals surface area (Å²) < 4.78 is 53.7. The van der Waals surface area contributed by atoms with Gasteiger partial charge in [0.15, 0.2) is 0 Å². The predicted molar refractivity (Wildman–Crippen MR) is 126 cm³/mol. The molecule has 2 aliphatic rings. The molecule has 0 amide bonds. The summed E-state index contributed by atoms with van der Waals surface area (Å²) in [6, 6.07) is -0.977. The van der Waals surface area contributed by atoms with E-state index in [1.165, 1.54) is 30.5 Å². The zero-order valence-electron chi connectivity index (χ0n) is 19.2. The van der Waals surface area contributed by atoms with Crippen molar-refractivity contribution in [1.29, 1.82) is 5.41 Å². The van der Waals surface area contributed by atoms with E-state index in [1.54, 1.807) is 6.92 Å². The average Bonchev–Trinajstić information content (AvgIpc) is 2.93. The minimum absolute atomic E-state index is 0.0788. The molecule has 1 saturated heterocycles. The van der Waals surface area contributed by atoms with Gasteiger partial charge in [0.2, 0.25) is 0 Å². The lowest BCUT2D eigenvalue weighted by Gasteiger charge is -2.27. The van der Waals surface area contributed by atoms with E-state index >= 15 is 0 Å². The number of alkyl halides is 3. The van der Waals surface area contributed by atoms with E-state index in [9.17, 15) is 22.7 Å². The first kappa shape index (κ1) is 27.5. The number of nitrogens with one attached hydrogen (secondary N) is 2. The Bertz CT molecular complexity index is 841. The van der Waals surface area contributed by atoms with E-state index in [-0.39, 0.29) is 11.4 Å². The molecular weight excluding hydrogens is 452 g/mol. The molecule has 0 aromatic heterocycles. The predicted octanol–water partition coefficient (Wildman–Crippen LogP) is 4.12. The first-order chi connectivity index (χ1) is 16.2. The Morgan fingerprint density at radius 3 is 2.56 bits per heavy atom. The molecule has 3 unspecified atom stereocenters. The van der Waals surface area contributed by atoms with Gasteiger partial charge in [-0.2, -0.15) is 18.3 Å². The number of likely N-dealkylation sites (tertiary alicyclic amines) is 1. The molecule has 11 heteroatoms. The van der Waals surface area contributed by atoms with E-state index in [4.69, 9.17) is 5.41 Å². The van der Waals surface area contributed by atoms with Gasteiger partial charge in [0, 0.05) is 25.5 Å². The molecule has 34 heavy (non-hydrogen) atoms. The number of hydrogen-bond acceptors (Lipinski definition) is 7. The van der Waals surface area contributed by atoms with Crippen molar-refractivity contribution in [3.8, 4) is 0 Å². The van der Waals surface area contributed by atoms with Gasteiger partial charge in [-0.15, -0.1) is 0 Å². The molecule has 3 N–H and O–H groups in total. The van der Waals surface area contributed by atoms with Gasteiger partial charge in [0.1, 0.15) is 18.6 Å². The van der Waals surface area contributed by atoms with Crippen LogP contribution in [0, 0.1) is 11.3 Å². The molecule has 2 heterocycles. The number of rotatable bonds is 10. The average molecular weight is 485 g/mol. The molecule has 0 aromatic carbocycles. The van der Waals surface area contributed by atoms with Crippen LogP contribution in [-0.4, -0.2) is 71.7 Å². The second-order valence-corrected chi connectivity index (χ2v) is 8.03. The largest absolute Gasteiger partial charge is 0.407 e. The molecule has 2 rings (SSSR count). The molecule has 0 aromatic rings. The minimum Gasteiger partial charge on any atom is -0.375 e. The number of nitrogens with zero attached hydrogens (tertiary/aromatic N) is 4. The summed E-state index contributed by atoms with van der Waals surface area (Å²) in [5.74, 6) is -1.51. The van der Waals surface area contributed by atoms with Crippen LogP contribution in [-0.2, 0) is 0 Å². The highest BCUT2D eigenvalue weighted by Crippen LogP contribution is 2.29. The smallest absolute Gasteiger partial charge is 0.375 e. The van der Waals surface area contributed by atoms with Crippen molar-refractivity contribution in [2.75, 3.05) is 19.6 Å². The number of aliphatic hydroxyl groups is 1. The van der Waals surface area contributed by atoms with Crippen LogP contribution in [0.25, 0.3) is 0 Å². The SMILES string of the molecule is C=N/C=C(\N/C=C(F)\C=C/C)C1=NN(CC(F)(F)F)C(/C=C/C(O)N2CCCCCC2)C1C=N. The standard InChI is InChI=1S/C23H32F4N6O/c1-3-8-17(24)14-30-19(15-29-2)22-18(13-28)20(33(31-22)16-23(25,26)27)9-10-21(34)32-11-6-4-5-7-12-32/h3,8-10,13-15,18,20-21,28,30,34H,2,4-7,11-12,16H2,1H3/b8-3-,10-9+,17-14+,19-15-,28-13?. The van der Waals surface area contributed by atoms with Crippen molar-refractivity contribution in [2.45, 2.75) is 51.1 Å². The molecule has 7 nitrogen and oxygen atoms in total. The van der Waals surface area contributed by atoms with Gasteiger partial charge in [0.05, 0.1) is 29.6 Å². The molecule has 3 atom stereocenters. The maximum Gasteiger partial charge on any atom is 0.407 e. The second kappa shape index (κ2) is 13.2. The van der Waals surface area contributed by atoms with Gasteiger partial charge < -0.3 is 15.8 Å². The molecule has 0 saturated carbocycles. The van der Waals surface area contributed by atoms with Crippen molar-refractivity contribution in [3.63, 3.8) is 0 Å². The van der Waals surface area contributed by atoms with Crippen molar-refractivity contribution < 1.29 is 22.7 Å². The highest BCUT2D eigenvalue weighted by molar-refractivity contribution is 6.10. The quantitative estimate of drug-likeness (QED) is 0.188. The molecule has 0 bridgehead atoms. The molecule has 0 aliphatic carbocycles. The van der Waals surface area contributed by atoms with Gasteiger partial charge in [-0.05, 0) is 38.6 Å². The number of hydrazone groups is 1. The Labute approximate surface area is 197 Å². The Morgan fingerprint density at radius 1 is 1.32 bits per heavy atom. The van der Waals surface area contributed by atoms with E-state index in [2.05, 4.69) is 22.1 Å². The summed E-state index contributed by atoms with van der Waals surface area (Å²) in [4.78, 5) is 5.51. The first-order valence-corrected chi connectivity index (χ1v) is 11.1. The number of hydrogen-bond donors (Lipinski definition) is 3. The van der Waals surface area contributed by atoms with E-state index < -0.39 is 36.7 Å². The van der Waals surface area contributed by atoms with Crippen molar-refractivity contribution in [2.24, 2.45) is 16.0 Å². The first-order valence-electron chi connectivity index (χ1n) is 11.1. The molecule has 0 radical (unpaired) electrons. The van der Waals surface area contributed by atoms with Crippen LogP contribution in [0.15, 0.2) is 58.3 Å². The normalized spacial score (nSPS) is 24.4. The second-order valence-electron chi connectivity index (χ2n) is 8.03. The summed E-state index contributed by atoms with van der Waals surface area (Å²) in [6.45, 7) is 5.03. The third-order valence-corrected chi connectivity index (χ3v) is 5.47. The van der Waals surface area contributed by atoms with Crippen LogP contribution in [0.3, 0.4) is 0 Å². The van der Waals surface area contributed by atoms with Gasteiger partial charge in [0.25, 0.3) is 0 Å². The fraction of sp³-hybridized carbons (Fsp3) is 0.522. The van der Waals surface area contributed by atoms with Crippen LogP contribution in [0.4, 0.5) is 17.6 Å². The van der Waals surface area contributed by atoms with Crippen LogP contribution in [0.2, 0.25) is 0 Å². The van der Waals surface area contributed by atoms with Crippen molar-refractivity contribution in [1.82, 2.24) is 15.2 Å². The van der Waals surface area contributed by atoms with Gasteiger partial charge in [-0.3, -0.25) is 14.9 Å². The van der Waals surface area contributed by atoms with Gasteiger partial charge in [-0.1, -0.05) is 25.0 Å². The number of aliphatic hydroxyl groups excluding tert-OH is 1. The minimum atomic E-state index is -4.55. The molecule has 2 aliphatic heterocycles. The van der Waals surface area contributed by atoms with Crippen molar-refractivity contribution in [3.05, 3.63) is 48.2 Å². The Morgan fingerprint density at radius 2 is 2.00 bits per heavy atom. The topological polar surface area (TPSA) is 87.3 Å². The maximum atomic E-state index is 13.8. The van der Waals surface area contributed by atoms with E-state index in [1.807, 2.05) is 4.90 Å². The molecule has 1 fully saturated rings. The van der Waals surface area contributed by atoms with Gasteiger partial charge in [-0.25, -0.2) is 4.39 Å². The Hall–Kier alpha value is -2.79. The number of allylic oxidation sites excluding steroid dienone is 4. The molecular formula is C23H32F4N6O. The Balaban J connectivity index is 2.33. The molecule has 188 valence electrons. The van der Waals surface area contributed by atoms with Crippen LogP contribution in [0.1, 0.15) is 32.6 Å². The van der Waals surface area contributed by atoms with Gasteiger partial charge >= 0.3 is 6.18 Å². The zero-order chi connectivity index (χ0) is 25.1. The molecule has 0 spiro atoms. The van der Waals surface area contributed by atoms with Crippen molar-refractivity contribution >= 4 is 18.6 Å². The van der Waals surface area contributed by atoms with E-state index in [0.717, 1.165) is 43.1 Å². The van der Waals surface area contributed by atoms with E-state index in [0.29, 0.717) is 13.1 Å². The monoisotopic (exact) mass is 484 g/mol. The fourth-order valence-electron chi connectivity index (χ4n) is 3.89. The lowest BCUT2D eigenvalue weighted by molar-refractivity contribution is -0.147. The fourth-order valence-corrected chi connectivity index (χ4v) is 3.89. The summed E-state index contributed by atoms with van der Waals surface area (Å²) in [5.41, 5.74) is 0.189. The van der Waals surface area contributed by atoms with Crippen LogP contribution < -0.4 is 5.32 Å². The zero-order valence-corrected chi connectivity index (χ0v) is 19.2. The van der Waals surface area contributed by atoms with Crippen LogP contribution >= 0.6 is 0 Å². The Kier molecular flexibility index (Phi) is 10.6.